The molecule has 7 heteroatoms. The Bertz CT molecular complexity index is 1170. The highest BCUT2D eigenvalue weighted by Gasteiger charge is 2.18. The van der Waals surface area contributed by atoms with Crippen molar-refractivity contribution in [3.63, 3.8) is 0 Å². The van der Waals surface area contributed by atoms with Crippen molar-refractivity contribution in [3.05, 3.63) is 64.4 Å². The summed E-state index contributed by atoms with van der Waals surface area (Å²) < 4.78 is 0. The molecule has 1 aromatic carbocycles. The number of benzene rings is 1. The molecule has 3 rings (SSSR count). The Labute approximate surface area is 180 Å². The van der Waals surface area contributed by atoms with Gasteiger partial charge in [0.1, 0.15) is 5.15 Å². The molecule has 0 N–H and O–H groups in total. The molecule has 30 heavy (non-hydrogen) atoms. The van der Waals surface area contributed by atoms with Gasteiger partial charge in [-0.05, 0) is 49.7 Å². The van der Waals surface area contributed by atoms with Gasteiger partial charge in [0.25, 0.3) is 0 Å². The Morgan fingerprint density at radius 3 is 2.57 bits per heavy atom. The number of pyridine rings is 2. The molecule has 0 spiro atoms. The number of halogens is 1. The second-order valence-electron chi connectivity index (χ2n) is 7.03. The van der Waals surface area contributed by atoms with E-state index < -0.39 is 0 Å². The molecule has 0 radical (unpaired) electrons. The molecule has 0 fully saturated rings. The van der Waals surface area contributed by atoms with Gasteiger partial charge in [-0.15, -0.1) is 0 Å². The smallest absolute Gasteiger partial charge is 0.165 e. The van der Waals surface area contributed by atoms with E-state index in [2.05, 4.69) is 16.0 Å². The van der Waals surface area contributed by atoms with Gasteiger partial charge in [-0.25, -0.2) is 15.0 Å². The fourth-order valence-corrected chi connectivity index (χ4v) is 3.24. The Morgan fingerprint density at radius 2 is 1.93 bits per heavy atom. The van der Waals surface area contributed by atoms with Crippen molar-refractivity contribution in [2.75, 3.05) is 14.1 Å². The highest BCUT2D eigenvalue weighted by atomic mass is 35.5. The summed E-state index contributed by atoms with van der Waals surface area (Å²) in [7, 11) is 3.68. The van der Waals surface area contributed by atoms with Crippen LogP contribution in [0.15, 0.2) is 47.5 Å². The molecule has 0 saturated carbocycles. The number of nitrogens with zero attached hydrogens (tertiary/aromatic N) is 5. The zero-order chi connectivity index (χ0) is 21.8. The molecule has 0 saturated heterocycles. The van der Waals surface area contributed by atoms with E-state index in [-0.39, 0.29) is 5.78 Å². The Morgan fingerprint density at radius 1 is 1.17 bits per heavy atom. The normalized spacial score (nSPS) is 10.8. The van der Waals surface area contributed by atoms with Crippen LogP contribution in [0.1, 0.15) is 28.5 Å². The number of Topliss-reactive ketones (excluding diaryl/α,β-unsaturated/α-hetero) is 1. The molecule has 3 aromatic rings. The molecule has 6 nitrogen and oxygen atoms in total. The van der Waals surface area contributed by atoms with E-state index in [9.17, 15) is 10.1 Å². The summed E-state index contributed by atoms with van der Waals surface area (Å²) in [4.78, 5) is 27.5. The van der Waals surface area contributed by atoms with Gasteiger partial charge in [0.15, 0.2) is 11.6 Å². The molecule has 0 aliphatic carbocycles. The molecular weight excluding hydrogens is 398 g/mol. The lowest BCUT2D eigenvalue weighted by molar-refractivity contribution is 0.101. The predicted octanol–water partition coefficient (Wildman–Crippen LogP) is 5.07. The van der Waals surface area contributed by atoms with E-state index in [1.165, 1.54) is 6.92 Å². The van der Waals surface area contributed by atoms with Crippen LogP contribution in [0.3, 0.4) is 0 Å². The lowest BCUT2D eigenvalue weighted by atomic mass is 9.96. The average Bonchev–Trinajstić information content (AvgIpc) is 2.70. The van der Waals surface area contributed by atoms with Crippen molar-refractivity contribution in [2.24, 2.45) is 4.99 Å². The summed E-state index contributed by atoms with van der Waals surface area (Å²) in [5, 5.41) is 9.66. The summed E-state index contributed by atoms with van der Waals surface area (Å²) in [6.45, 7) is 3.33. The van der Waals surface area contributed by atoms with Crippen LogP contribution in [-0.4, -0.2) is 41.1 Å². The number of hydrogen-bond donors (Lipinski definition) is 0. The first-order valence-electron chi connectivity index (χ1n) is 9.20. The van der Waals surface area contributed by atoms with Crippen molar-refractivity contribution in [1.29, 1.82) is 5.26 Å². The van der Waals surface area contributed by atoms with Crippen LogP contribution in [0, 0.1) is 18.3 Å². The summed E-state index contributed by atoms with van der Waals surface area (Å²) in [6, 6.07) is 14.7. The van der Waals surface area contributed by atoms with E-state index in [0.29, 0.717) is 33.4 Å². The summed E-state index contributed by atoms with van der Waals surface area (Å²) in [6.07, 6.45) is 1.59. The number of nitriles is 1. The lowest BCUT2D eigenvalue weighted by Crippen LogP contribution is -2.08. The van der Waals surface area contributed by atoms with Crippen LogP contribution in [-0.2, 0) is 0 Å². The standard InChI is InChI=1S/C23H20ClN5O/c1-14-8-18(10-21(24)27-14)20-11-19(15(2)30)23(26-13-29(3)4)28-22(20)17-7-5-6-16(9-17)12-25/h5-11,13H,1-4H3/b26-13+. The highest BCUT2D eigenvalue weighted by molar-refractivity contribution is 6.29. The molecule has 0 amide bonds. The minimum absolute atomic E-state index is 0.149. The Hall–Kier alpha value is -3.56. The van der Waals surface area contributed by atoms with E-state index in [1.807, 2.05) is 33.2 Å². The first-order chi connectivity index (χ1) is 14.3. The number of aromatic nitrogens is 2. The molecule has 0 bridgehead atoms. The third-order valence-corrected chi connectivity index (χ3v) is 4.48. The minimum Gasteiger partial charge on any atom is -0.369 e. The van der Waals surface area contributed by atoms with E-state index >= 15 is 0 Å². The number of aryl methyl sites for hydroxylation is 1. The number of rotatable bonds is 5. The zero-order valence-electron chi connectivity index (χ0n) is 17.1. The third kappa shape index (κ3) is 4.70. The molecular formula is C23H20ClN5O. The predicted molar refractivity (Wildman–Crippen MR) is 119 cm³/mol. The molecule has 2 heterocycles. The number of aliphatic imine (C=N–C) groups is 1. The van der Waals surface area contributed by atoms with Gasteiger partial charge < -0.3 is 4.90 Å². The number of hydrogen-bond acceptors (Lipinski definition) is 5. The van der Waals surface area contributed by atoms with Crippen LogP contribution >= 0.6 is 11.6 Å². The van der Waals surface area contributed by atoms with Crippen LogP contribution in [0.25, 0.3) is 22.4 Å². The fourth-order valence-electron chi connectivity index (χ4n) is 2.99. The minimum atomic E-state index is -0.149. The van der Waals surface area contributed by atoms with Crippen molar-refractivity contribution in [2.45, 2.75) is 13.8 Å². The summed E-state index contributed by atoms with van der Waals surface area (Å²) >= 11 is 6.19. The molecule has 0 aliphatic rings. The second kappa shape index (κ2) is 8.85. The Balaban J connectivity index is 2.37. The number of ketones is 1. The highest BCUT2D eigenvalue weighted by Crippen LogP contribution is 2.36. The largest absolute Gasteiger partial charge is 0.369 e. The van der Waals surface area contributed by atoms with Gasteiger partial charge in [0, 0.05) is 30.9 Å². The Kier molecular flexibility index (Phi) is 6.24. The van der Waals surface area contributed by atoms with Crippen LogP contribution in [0.5, 0.6) is 0 Å². The summed E-state index contributed by atoms with van der Waals surface area (Å²) in [5.41, 5.74) is 4.49. The molecule has 150 valence electrons. The third-order valence-electron chi connectivity index (χ3n) is 4.29. The average molecular weight is 418 g/mol. The van der Waals surface area contributed by atoms with Gasteiger partial charge in [0.2, 0.25) is 0 Å². The first-order valence-corrected chi connectivity index (χ1v) is 9.58. The molecule has 0 unspecified atom stereocenters. The van der Waals surface area contributed by atoms with Crippen molar-refractivity contribution in [1.82, 2.24) is 14.9 Å². The van der Waals surface area contributed by atoms with Gasteiger partial charge in [-0.3, -0.25) is 4.79 Å². The van der Waals surface area contributed by atoms with Gasteiger partial charge in [-0.1, -0.05) is 23.7 Å². The second-order valence-corrected chi connectivity index (χ2v) is 7.42. The maximum atomic E-state index is 12.4. The van der Waals surface area contributed by atoms with Crippen LogP contribution < -0.4 is 0 Å². The summed E-state index contributed by atoms with van der Waals surface area (Å²) in [5.74, 6) is 0.165. The van der Waals surface area contributed by atoms with E-state index in [4.69, 9.17) is 16.6 Å². The maximum absolute atomic E-state index is 12.4. The van der Waals surface area contributed by atoms with Crippen LogP contribution in [0.4, 0.5) is 5.82 Å². The fraction of sp³-hybridized carbons (Fsp3) is 0.174. The van der Waals surface area contributed by atoms with E-state index in [1.54, 1.807) is 41.6 Å². The van der Waals surface area contributed by atoms with Crippen molar-refractivity contribution < 1.29 is 4.79 Å². The monoisotopic (exact) mass is 417 g/mol. The van der Waals surface area contributed by atoms with Gasteiger partial charge >= 0.3 is 0 Å². The maximum Gasteiger partial charge on any atom is 0.165 e. The van der Waals surface area contributed by atoms with E-state index in [0.717, 1.165) is 16.8 Å². The molecule has 0 aliphatic heterocycles. The zero-order valence-corrected chi connectivity index (χ0v) is 17.9. The lowest BCUT2D eigenvalue weighted by Gasteiger charge is -2.14. The molecule has 2 aromatic heterocycles. The SMILES string of the molecule is CC(=O)c1cc(-c2cc(C)nc(Cl)c2)c(-c2cccc(C#N)c2)nc1/N=C/N(C)C. The van der Waals surface area contributed by atoms with Gasteiger partial charge in [0.05, 0.1) is 29.2 Å². The van der Waals surface area contributed by atoms with Crippen molar-refractivity contribution in [3.8, 4) is 28.5 Å². The van der Waals surface area contributed by atoms with Crippen molar-refractivity contribution >= 4 is 29.5 Å². The van der Waals surface area contributed by atoms with Crippen LogP contribution in [0.2, 0.25) is 5.15 Å². The molecule has 0 atom stereocenters. The quantitative estimate of drug-likeness (QED) is 0.250. The topological polar surface area (TPSA) is 82.2 Å². The van der Waals surface area contributed by atoms with Gasteiger partial charge in [-0.2, -0.15) is 5.26 Å². The first kappa shape index (κ1) is 21.2. The number of carbonyl (C=O) groups excluding carboxylic acids is 1. The number of carbonyl (C=O) groups is 1.